The van der Waals surface area contributed by atoms with Crippen molar-refractivity contribution < 1.29 is 14.3 Å². The highest BCUT2D eigenvalue weighted by Crippen LogP contribution is 2.37. The molecule has 5 rings (SSSR count). The zero-order valence-electron chi connectivity index (χ0n) is 18.6. The molecule has 0 saturated heterocycles. The maximum absolute atomic E-state index is 12.9. The van der Waals surface area contributed by atoms with Crippen LogP contribution in [0.2, 0.25) is 0 Å². The number of aromatic amines is 1. The van der Waals surface area contributed by atoms with Crippen LogP contribution in [0.3, 0.4) is 0 Å². The molecule has 1 aliphatic heterocycles. The first-order valence-corrected chi connectivity index (χ1v) is 11.0. The number of nitrogens with one attached hydrogen (secondary N) is 2. The van der Waals surface area contributed by atoms with E-state index in [9.17, 15) is 9.59 Å². The Balaban J connectivity index is 1.38. The van der Waals surface area contributed by atoms with Crippen molar-refractivity contribution in [3.63, 3.8) is 0 Å². The second-order valence-corrected chi connectivity index (χ2v) is 8.44. The predicted octanol–water partition coefficient (Wildman–Crippen LogP) is 4.97. The molecule has 1 aliphatic rings. The molecule has 6 nitrogen and oxygen atoms in total. The number of fused-ring (bicyclic) bond motifs is 2. The number of H-pyrrole nitrogens is 1. The Hall–Kier alpha value is -4.06. The highest BCUT2D eigenvalue weighted by Gasteiger charge is 2.31. The number of hydrogen-bond donors (Lipinski definition) is 2. The molecule has 1 aromatic heterocycles. The Morgan fingerprint density at radius 3 is 2.70 bits per heavy atom. The van der Waals surface area contributed by atoms with Crippen molar-refractivity contribution >= 4 is 34.1 Å². The standard InChI is InChI=1S/C27H25N3O3/c1-17-7-9-19(10-8-17)16-30-24-14-21(11-12-25(24)33-18(2)27(30)32)29-26(31)13-20-15-28-23-6-4-3-5-22(20)23/h3-12,14-15,18,28H,13,16H2,1-2H3,(H,29,31). The predicted molar refractivity (Wildman–Crippen MR) is 130 cm³/mol. The van der Waals surface area contributed by atoms with Gasteiger partial charge in [-0.2, -0.15) is 0 Å². The lowest BCUT2D eigenvalue weighted by molar-refractivity contribution is -0.125. The summed E-state index contributed by atoms with van der Waals surface area (Å²) in [6.45, 7) is 4.23. The van der Waals surface area contributed by atoms with Gasteiger partial charge in [0.25, 0.3) is 5.91 Å². The number of anilines is 2. The number of nitrogens with zero attached hydrogens (tertiary/aromatic N) is 1. The average molecular weight is 440 g/mol. The smallest absolute Gasteiger partial charge is 0.268 e. The summed E-state index contributed by atoms with van der Waals surface area (Å²) in [6, 6.07) is 21.4. The van der Waals surface area contributed by atoms with E-state index in [0.717, 1.165) is 22.0 Å². The number of hydrogen-bond acceptors (Lipinski definition) is 3. The number of rotatable bonds is 5. The molecule has 33 heavy (non-hydrogen) atoms. The summed E-state index contributed by atoms with van der Waals surface area (Å²) in [5.74, 6) is 0.399. The van der Waals surface area contributed by atoms with Crippen molar-refractivity contribution in [2.45, 2.75) is 32.9 Å². The number of carbonyl (C=O) groups excluding carboxylic acids is 2. The zero-order valence-corrected chi connectivity index (χ0v) is 18.6. The SMILES string of the molecule is Cc1ccc(CN2C(=O)C(C)Oc3ccc(NC(=O)Cc4c[nH]c5ccccc45)cc32)cc1. The van der Waals surface area contributed by atoms with Gasteiger partial charge in [-0.3, -0.25) is 9.59 Å². The van der Waals surface area contributed by atoms with Gasteiger partial charge < -0.3 is 19.9 Å². The molecule has 6 heteroatoms. The molecule has 2 amide bonds. The highest BCUT2D eigenvalue weighted by atomic mass is 16.5. The minimum Gasteiger partial charge on any atom is -0.479 e. The lowest BCUT2D eigenvalue weighted by Crippen LogP contribution is -2.44. The van der Waals surface area contributed by atoms with Gasteiger partial charge in [0.1, 0.15) is 5.75 Å². The summed E-state index contributed by atoms with van der Waals surface area (Å²) in [7, 11) is 0. The number of aromatic nitrogens is 1. The van der Waals surface area contributed by atoms with Crippen LogP contribution in [0.25, 0.3) is 10.9 Å². The topological polar surface area (TPSA) is 74.4 Å². The fourth-order valence-electron chi connectivity index (χ4n) is 4.18. The van der Waals surface area contributed by atoms with Gasteiger partial charge in [0.05, 0.1) is 18.7 Å². The van der Waals surface area contributed by atoms with Crippen LogP contribution in [0.1, 0.15) is 23.6 Å². The van der Waals surface area contributed by atoms with Crippen LogP contribution in [0.5, 0.6) is 5.75 Å². The molecule has 166 valence electrons. The van der Waals surface area contributed by atoms with E-state index >= 15 is 0 Å². The second kappa shape index (κ2) is 8.47. The molecule has 2 N–H and O–H groups in total. The molecule has 1 unspecified atom stereocenters. The first kappa shape index (κ1) is 20.8. The average Bonchev–Trinajstić information content (AvgIpc) is 3.21. The number of benzene rings is 3. The van der Waals surface area contributed by atoms with Crippen LogP contribution in [-0.4, -0.2) is 22.9 Å². The molecule has 1 atom stereocenters. The molecule has 0 fully saturated rings. The molecular weight excluding hydrogens is 414 g/mol. The Morgan fingerprint density at radius 1 is 1.09 bits per heavy atom. The van der Waals surface area contributed by atoms with E-state index in [1.807, 2.05) is 67.7 Å². The van der Waals surface area contributed by atoms with E-state index in [1.165, 1.54) is 5.56 Å². The van der Waals surface area contributed by atoms with Gasteiger partial charge >= 0.3 is 0 Å². The third-order valence-corrected chi connectivity index (χ3v) is 5.94. The number of ether oxygens (including phenoxy) is 1. The molecule has 0 radical (unpaired) electrons. The van der Waals surface area contributed by atoms with Crippen LogP contribution >= 0.6 is 0 Å². The summed E-state index contributed by atoms with van der Waals surface area (Å²) >= 11 is 0. The lowest BCUT2D eigenvalue weighted by Gasteiger charge is -2.33. The monoisotopic (exact) mass is 439 g/mol. The van der Waals surface area contributed by atoms with Crippen LogP contribution in [0.15, 0.2) is 72.9 Å². The van der Waals surface area contributed by atoms with Crippen LogP contribution < -0.4 is 15.0 Å². The number of carbonyl (C=O) groups is 2. The molecule has 2 heterocycles. The Labute approximate surface area is 192 Å². The Morgan fingerprint density at radius 2 is 1.88 bits per heavy atom. The molecule has 0 saturated carbocycles. The van der Waals surface area contributed by atoms with Crippen LogP contribution in [0.4, 0.5) is 11.4 Å². The molecule has 0 aliphatic carbocycles. The fourth-order valence-corrected chi connectivity index (χ4v) is 4.18. The Bertz CT molecular complexity index is 1340. The number of aryl methyl sites for hydroxylation is 1. The van der Waals surface area contributed by atoms with Crippen molar-refractivity contribution in [3.8, 4) is 5.75 Å². The normalized spacial score (nSPS) is 15.3. The first-order valence-electron chi connectivity index (χ1n) is 11.0. The van der Waals surface area contributed by atoms with Gasteiger partial charge in [0.15, 0.2) is 6.10 Å². The van der Waals surface area contributed by atoms with Crippen molar-refractivity contribution in [2.75, 3.05) is 10.2 Å². The third kappa shape index (κ3) is 4.20. The molecule has 0 bridgehead atoms. The lowest BCUT2D eigenvalue weighted by atomic mass is 10.1. The largest absolute Gasteiger partial charge is 0.479 e. The van der Waals surface area contributed by atoms with Gasteiger partial charge in [-0.05, 0) is 49.2 Å². The van der Waals surface area contributed by atoms with Crippen molar-refractivity contribution in [1.82, 2.24) is 4.98 Å². The quantitative estimate of drug-likeness (QED) is 0.461. The molecule has 0 spiro atoms. The van der Waals surface area contributed by atoms with Crippen molar-refractivity contribution in [1.29, 1.82) is 0 Å². The van der Waals surface area contributed by atoms with E-state index < -0.39 is 6.10 Å². The van der Waals surface area contributed by atoms with Crippen molar-refractivity contribution in [2.24, 2.45) is 0 Å². The minimum absolute atomic E-state index is 0.106. The van der Waals surface area contributed by atoms with E-state index in [0.29, 0.717) is 23.7 Å². The first-order chi connectivity index (χ1) is 16.0. The van der Waals surface area contributed by atoms with Gasteiger partial charge in [0.2, 0.25) is 5.91 Å². The maximum Gasteiger partial charge on any atom is 0.268 e. The second-order valence-electron chi connectivity index (χ2n) is 8.44. The number of amides is 2. The Kier molecular flexibility index (Phi) is 5.34. The summed E-state index contributed by atoms with van der Waals surface area (Å²) < 4.78 is 5.82. The summed E-state index contributed by atoms with van der Waals surface area (Å²) in [6.07, 6.45) is 1.56. The maximum atomic E-state index is 12.9. The van der Waals surface area contributed by atoms with Gasteiger partial charge in [-0.1, -0.05) is 48.0 Å². The van der Waals surface area contributed by atoms with E-state index in [1.54, 1.807) is 24.0 Å². The zero-order chi connectivity index (χ0) is 22.9. The van der Waals surface area contributed by atoms with Gasteiger partial charge in [0, 0.05) is 22.8 Å². The third-order valence-electron chi connectivity index (χ3n) is 5.94. The molecule has 4 aromatic rings. The van der Waals surface area contributed by atoms with Crippen LogP contribution in [0, 0.1) is 6.92 Å². The van der Waals surface area contributed by atoms with Gasteiger partial charge in [-0.15, -0.1) is 0 Å². The van der Waals surface area contributed by atoms with Gasteiger partial charge in [-0.25, -0.2) is 0 Å². The highest BCUT2D eigenvalue weighted by molar-refractivity contribution is 6.01. The summed E-state index contributed by atoms with van der Waals surface area (Å²) in [5.41, 5.74) is 5.42. The van der Waals surface area contributed by atoms with E-state index in [2.05, 4.69) is 10.3 Å². The fraction of sp³-hybridized carbons (Fsp3) is 0.185. The summed E-state index contributed by atoms with van der Waals surface area (Å²) in [4.78, 5) is 30.6. The van der Waals surface area contributed by atoms with E-state index in [4.69, 9.17) is 4.74 Å². The van der Waals surface area contributed by atoms with Crippen molar-refractivity contribution in [3.05, 3.63) is 89.6 Å². The summed E-state index contributed by atoms with van der Waals surface area (Å²) in [5, 5.41) is 4.00. The molecule has 3 aromatic carbocycles. The minimum atomic E-state index is -0.565. The van der Waals surface area contributed by atoms with E-state index in [-0.39, 0.29) is 18.2 Å². The number of para-hydroxylation sites is 1. The molecular formula is C27H25N3O3. The van der Waals surface area contributed by atoms with Crippen LogP contribution in [-0.2, 0) is 22.6 Å².